The van der Waals surface area contributed by atoms with Crippen LogP contribution in [0.15, 0.2) is 42.5 Å². The Bertz CT molecular complexity index is 912. The van der Waals surface area contributed by atoms with Gasteiger partial charge in [0, 0.05) is 35.7 Å². The highest BCUT2D eigenvalue weighted by atomic mass is 16.1. The fourth-order valence-corrected chi connectivity index (χ4v) is 3.62. The first-order valence-electron chi connectivity index (χ1n) is 9.38. The third kappa shape index (κ3) is 3.85. The van der Waals surface area contributed by atoms with Crippen molar-refractivity contribution in [2.45, 2.75) is 45.4 Å². The zero-order valence-electron chi connectivity index (χ0n) is 16.1. The Balaban J connectivity index is 1.80. The summed E-state index contributed by atoms with van der Waals surface area (Å²) in [6.45, 7) is 6.50. The average molecular weight is 363 g/mol. The van der Waals surface area contributed by atoms with Gasteiger partial charge in [-0.15, -0.1) is 0 Å². The summed E-state index contributed by atoms with van der Waals surface area (Å²) in [5.74, 6) is -0.171. The predicted octanol–water partition coefficient (Wildman–Crippen LogP) is 4.05. The molecule has 4 heteroatoms. The molecule has 0 bridgehead atoms. The quantitative estimate of drug-likeness (QED) is 0.672. The van der Waals surface area contributed by atoms with Gasteiger partial charge in [0.05, 0.1) is 0 Å². The number of benzene rings is 2. The molecule has 1 aliphatic carbocycles. The molecule has 1 N–H and O–H groups in total. The molecule has 140 valence electrons. The molecule has 0 saturated carbocycles. The van der Waals surface area contributed by atoms with Gasteiger partial charge in [0.2, 0.25) is 5.91 Å². The SMILES string of the molecule is CC(=O)NCCCCC(C)(C)c1ccc2c(c1)C(=O)c1ccccc1C2=O. The van der Waals surface area contributed by atoms with Gasteiger partial charge < -0.3 is 5.32 Å². The molecule has 3 rings (SSSR count). The first-order valence-corrected chi connectivity index (χ1v) is 9.38. The number of unbranched alkanes of at least 4 members (excludes halogenated alkanes) is 1. The van der Waals surface area contributed by atoms with E-state index in [0.29, 0.717) is 28.8 Å². The summed E-state index contributed by atoms with van der Waals surface area (Å²) in [6, 6.07) is 12.7. The van der Waals surface area contributed by atoms with Gasteiger partial charge >= 0.3 is 0 Å². The van der Waals surface area contributed by atoms with Gasteiger partial charge in [0.1, 0.15) is 0 Å². The molecule has 0 unspecified atom stereocenters. The molecular weight excluding hydrogens is 338 g/mol. The lowest BCUT2D eigenvalue weighted by Gasteiger charge is -2.27. The second-order valence-electron chi connectivity index (χ2n) is 7.79. The molecule has 4 nitrogen and oxygen atoms in total. The van der Waals surface area contributed by atoms with E-state index >= 15 is 0 Å². The Morgan fingerprint density at radius 1 is 0.889 bits per heavy atom. The van der Waals surface area contributed by atoms with Gasteiger partial charge in [-0.25, -0.2) is 0 Å². The molecule has 0 radical (unpaired) electrons. The van der Waals surface area contributed by atoms with Crippen LogP contribution in [-0.2, 0) is 10.2 Å². The molecule has 1 amide bonds. The summed E-state index contributed by atoms with van der Waals surface area (Å²) < 4.78 is 0. The summed E-state index contributed by atoms with van der Waals surface area (Å²) in [6.07, 6.45) is 2.82. The second kappa shape index (κ2) is 7.47. The maximum atomic E-state index is 12.9. The van der Waals surface area contributed by atoms with Gasteiger partial charge in [-0.2, -0.15) is 0 Å². The van der Waals surface area contributed by atoms with Crippen molar-refractivity contribution in [3.05, 3.63) is 70.3 Å². The topological polar surface area (TPSA) is 63.2 Å². The van der Waals surface area contributed by atoms with Gasteiger partial charge in [-0.05, 0) is 36.0 Å². The lowest BCUT2D eigenvalue weighted by Crippen LogP contribution is -2.24. The van der Waals surface area contributed by atoms with Crippen LogP contribution in [0.5, 0.6) is 0 Å². The number of fused-ring (bicyclic) bond motifs is 2. The smallest absolute Gasteiger partial charge is 0.216 e. The van der Waals surface area contributed by atoms with Gasteiger partial charge in [-0.1, -0.05) is 50.6 Å². The summed E-state index contributed by atoms with van der Waals surface area (Å²) in [5, 5.41) is 2.81. The van der Waals surface area contributed by atoms with Crippen LogP contribution in [-0.4, -0.2) is 24.0 Å². The number of nitrogens with one attached hydrogen (secondary N) is 1. The van der Waals surface area contributed by atoms with Crippen LogP contribution in [0.1, 0.15) is 77.4 Å². The van der Waals surface area contributed by atoms with E-state index in [2.05, 4.69) is 19.2 Å². The van der Waals surface area contributed by atoms with Crippen LogP contribution < -0.4 is 5.32 Å². The summed E-state index contributed by atoms with van der Waals surface area (Å²) in [5.41, 5.74) is 2.90. The molecule has 0 aromatic heterocycles. The standard InChI is InChI=1S/C23H25NO3/c1-15(25)24-13-7-6-12-23(2,3)16-10-11-19-20(14-16)22(27)18-9-5-4-8-17(18)21(19)26/h4-5,8-11,14H,6-7,12-13H2,1-3H3,(H,24,25). The van der Waals surface area contributed by atoms with Crippen molar-refractivity contribution < 1.29 is 14.4 Å². The van der Waals surface area contributed by atoms with E-state index in [1.165, 1.54) is 6.92 Å². The normalized spacial score (nSPS) is 13.1. The van der Waals surface area contributed by atoms with Crippen molar-refractivity contribution in [2.24, 2.45) is 0 Å². The minimum Gasteiger partial charge on any atom is -0.356 e. The predicted molar refractivity (Wildman–Crippen MR) is 105 cm³/mol. The molecule has 0 aliphatic heterocycles. The van der Waals surface area contributed by atoms with Crippen LogP contribution >= 0.6 is 0 Å². The zero-order chi connectivity index (χ0) is 19.6. The third-order valence-electron chi connectivity index (χ3n) is 5.31. The third-order valence-corrected chi connectivity index (χ3v) is 5.31. The molecular formula is C23H25NO3. The minimum atomic E-state index is -0.119. The first-order chi connectivity index (χ1) is 12.8. The van der Waals surface area contributed by atoms with Crippen molar-refractivity contribution in [3.63, 3.8) is 0 Å². The summed E-state index contributed by atoms with van der Waals surface area (Å²) in [4.78, 5) is 36.6. The van der Waals surface area contributed by atoms with E-state index in [4.69, 9.17) is 0 Å². The fourth-order valence-electron chi connectivity index (χ4n) is 3.62. The van der Waals surface area contributed by atoms with Crippen molar-refractivity contribution >= 4 is 17.5 Å². The Hall–Kier alpha value is -2.75. The molecule has 2 aromatic rings. The van der Waals surface area contributed by atoms with Crippen LogP contribution in [0.3, 0.4) is 0 Å². The van der Waals surface area contributed by atoms with Crippen LogP contribution in [0.4, 0.5) is 0 Å². The molecule has 2 aromatic carbocycles. The Labute approximate surface area is 160 Å². The summed E-state index contributed by atoms with van der Waals surface area (Å²) in [7, 11) is 0. The monoisotopic (exact) mass is 363 g/mol. The number of carbonyl (C=O) groups is 3. The van der Waals surface area contributed by atoms with Gasteiger partial charge in [-0.3, -0.25) is 14.4 Å². The minimum absolute atomic E-state index is 0.00703. The molecule has 0 fully saturated rings. The van der Waals surface area contributed by atoms with Crippen LogP contribution in [0.25, 0.3) is 0 Å². The fraction of sp³-hybridized carbons (Fsp3) is 0.348. The van der Waals surface area contributed by atoms with E-state index in [-0.39, 0.29) is 22.9 Å². The Kier molecular flexibility index (Phi) is 5.26. The number of amides is 1. The molecule has 0 saturated heterocycles. The Morgan fingerprint density at radius 2 is 1.48 bits per heavy atom. The number of rotatable bonds is 6. The highest BCUT2D eigenvalue weighted by molar-refractivity contribution is 6.28. The van der Waals surface area contributed by atoms with Crippen molar-refractivity contribution in [1.29, 1.82) is 0 Å². The molecule has 0 atom stereocenters. The number of carbonyl (C=O) groups excluding carboxylic acids is 3. The van der Waals surface area contributed by atoms with Gasteiger partial charge in [0.25, 0.3) is 0 Å². The van der Waals surface area contributed by atoms with Crippen molar-refractivity contribution in [2.75, 3.05) is 6.54 Å². The molecule has 0 spiro atoms. The molecule has 1 aliphatic rings. The lowest BCUT2D eigenvalue weighted by atomic mass is 9.76. The van der Waals surface area contributed by atoms with Gasteiger partial charge in [0.15, 0.2) is 11.6 Å². The number of hydrogen-bond acceptors (Lipinski definition) is 3. The zero-order valence-corrected chi connectivity index (χ0v) is 16.1. The highest BCUT2D eigenvalue weighted by Gasteiger charge is 2.31. The molecule has 27 heavy (non-hydrogen) atoms. The van der Waals surface area contributed by atoms with Crippen molar-refractivity contribution in [1.82, 2.24) is 5.32 Å². The van der Waals surface area contributed by atoms with E-state index in [1.54, 1.807) is 30.3 Å². The maximum absolute atomic E-state index is 12.9. The molecule has 0 heterocycles. The van der Waals surface area contributed by atoms with Crippen LogP contribution in [0.2, 0.25) is 0 Å². The number of ketones is 2. The summed E-state index contributed by atoms with van der Waals surface area (Å²) >= 11 is 0. The van der Waals surface area contributed by atoms with E-state index in [1.807, 2.05) is 12.1 Å². The maximum Gasteiger partial charge on any atom is 0.216 e. The lowest BCUT2D eigenvalue weighted by molar-refractivity contribution is -0.118. The van der Waals surface area contributed by atoms with E-state index in [0.717, 1.165) is 24.8 Å². The second-order valence-corrected chi connectivity index (χ2v) is 7.79. The Morgan fingerprint density at radius 3 is 2.11 bits per heavy atom. The van der Waals surface area contributed by atoms with E-state index in [9.17, 15) is 14.4 Å². The van der Waals surface area contributed by atoms with E-state index < -0.39 is 0 Å². The number of hydrogen-bond donors (Lipinski definition) is 1. The van der Waals surface area contributed by atoms with Crippen molar-refractivity contribution in [3.8, 4) is 0 Å². The largest absolute Gasteiger partial charge is 0.356 e. The first kappa shape index (κ1) is 19.0. The average Bonchev–Trinajstić information content (AvgIpc) is 2.65. The van der Waals surface area contributed by atoms with Crippen LogP contribution in [0, 0.1) is 0 Å². The highest BCUT2D eigenvalue weighted by Crippen LogP contribution is 2.34.